The molecule has 1 saturated heterocycles. The fraction of sp³-hybridized carbons (Fsp3) is 0.350. The van der Waals surface area contributed by atoms with Gasteiger partial charge >= 0.3 is 0 Å². The number of carbonyl (C=O) groups excluding carboxylic acids is 1. The van der Waals surface area contributed by atoms with Crippen molar-refractivity contribution in [3.63, 3.8) is 0 Å². The van der Waals surface area contributed by atoms with Gasteiger partial charge in [-0.15, -0.1) is 0 Å². The van der Waals surface area contributed by atoms with Gasteiger partial charge in [0.15, 0.2) is 0 Å². The highest BCUT2D eigenvalue weighted by atomic mass is 35.5. The maximum atomic E-state index is 12.5. The molecule has 1 amide bonds. The van der Waals surface area contributed by atoms with Gasteiger partial charge in [0.2, 0.25) is 0 Å². The summed E-state index contributed by atoms with van der Waals surface area (Å²) in [5.74, 6) is -0.259. The number of rotatable bonds is 4. The lowest BCUT2D eigenvalue weighted by molar-refractivity contribution is 0.102. The quantitative estimate of drug-likeness (QED) is 0.820. The van der Waals surface area contributed by atoms with E-state index in [9.17, 15) is 4.79 Å². The van der Waals surface area contributed by atoms with Crippen LogP contribution < -0.4 is 10.2 Å². The van der Waals surface area contributed by atoms with Crippen molar-refractivity contribution >= 4 is 40.5 Å². The van der Waals surface area contributed by atoms with Crippen molar-refractivity contribution in [1.82, 2.24) is 4.90 Å². The molecule has 1 heterocycles. The molecule has 0 radical (unpaired) electrons. The van der Waals surface area contributed by atoms with Crippen molar-refractivity contribution in [2.45, 2.75) is 13.8 Å². The molecule has 2 aromatic carbocycles. The summed E-state index contributed by atoms with van der Waals surface area (Å²) >= 11 is 12.1. The van der Waals surface area contributed by atoms with Crippen LogP contribution in [0, 0.1) is 6.92 Å². The Hall–Kier alpha value is -1.75. The minimum atomic E-state index is -0.259. The van der Waals surface area contributed by atoms with Crippen LogP contribution in [-0.4, -0.2) is 43.5 Å². The maximum Gasteiger partial charge on any atom is 0.257 e. The number of benzene rings is 2. The molecular weight excluding hydrogens is 369 g/mol. The third kappa shape index (κ3) is 4.32. The van der Waals surface area contributed by atoms with E-state index in [0.717, 1.165) is 44.0 Å². The lowest BCUT2D eigenvalue weighted by Crippen LogP contribution is -2.46. The summed E-state index contributed by atoms with van der Waals surface area (Å²) in [7, 11) is 0. The van der Waals surface area contributed by atoms with E-state index >= 15 is 0 Å². The Morgan fingerprint density at radius 2 is 1.81 bits per heavy atom. The highest BCUT2D eigenvalue weighted by molar-refractivity contribution is 6.36. The molecule has 0 saturated carbocycles. The van der Waals surface area contributed by atoms with Crippen LogP contribution in [-0.2, 0) is 0 Å². The van der Waals surface area contributed by atoms with Gasteiger partial charge in [-0.1, -0.05) is 30.1 Å². The molecule has 0 spiro atoms. The van der Waals surface area contributed by atoms with Crippen molar-refractivity contribution in [2.24, 2.45) is 0 Å². The largest absolute Gasteiger partial charge is 0.369 e. The van der Waals surface area contributed by atoms with Gasteiger partial charge in [0, 0.05) is 42.6 Å². The molecule has 1 aliphatic rings. The van der Waals surface area contributed by atoms with E-state index in [-0.39, 0.29) is 5.91 Å². The highest BCUT2D eigenvalue weighted by Gasteiger charge is 2.17. The average Bonchev–Trinajstić information content (AvgIpc) is 2.65. The van der Waals surface area contributed by atoms with Gasteiger partial charge in [0.05, 0.1) is 10.6 Å². The Morgan fingerprint density at radius 3 is 2.46 bits per heavy atom. The number of amides is 1. The first-order chi connectivity index (χ1) is 12.5. The van der Waals surface area contributed by atoms with Crippen molar-refractivity contribution in [3.05, 3.63) is 57.6 Å². The number of aryl methyl sites for hydroxylation is 1. The van der Waals surface area contributed by atoms with Crippen LogP contribution in [0.5, 0.6) is 0 Å². The first kappa shape index (κ1) is 19.0. The van der Waals surface area contributed by atoms with Crippen LogP contribution in [0.15, 0.2) is 36.4 Å². The zero-order valence-electron chi connectivity index (χ0n) is 15.1. The Bertz CT molecular complexity index is 802. The predicted molar refractivity (Wildman–Crippen MR) is 110 cm³/mol. The van der Waals surface area contributed by atoms with E-state index in [1.807, 2.05) is 13.0 Å². The summed E-state index contributed by atoms with van der Waals surface area (Å²) in [4.78, 5) is 17.4. The minimum Gasteiger partial charge on any atom is -0.369 e. The molecule has 0 aliphatic carbocycles. The monoisotopic (exact) mass is 391 g/mol. The molecule has 6 heteroatoms. The summed E-state index contributed by atoms with van der Waals surface area (Å²) in [5, 5.41) is 3.80. The Labute approximate surface area is 164 Å². The Balaban J connectivity index is 1.72. The summed E-state index contributed by atoms with van der Waals surface area (Å²) in [6, 6.07) is 11.0. The minimum absolute atomic E-state index is 0.259. The second kappa shape index (κ2) is 8.30. The van der Waals surface area contributed by atoms with Gasteiger partial charge < -0.3 is 15.1 Å². The van der Waals surface area contributed by atoms with Gasteiger partial charge in [-0.2, -0.15) is 0 Å². The van der Waals surface area contributed by atoms with Crippen LogP contribution in [0.4, 0.5) is 11.4 Å². The van der Waals surface area contributed by atoms with Crippen LogP contribution in [0.2, 0.25) is 10.0 Å². The van der Waals surface area contributed by atoms with Crippen molar-refractivity contribution in [2.75, 3.05) is 42.9 Å². The second-order valence-corrected chi connectivity index (χ2v) is 7.34. The van der Waals surface area contributed by atoms with Crippen LogP contribution in [0.25, 0.3) is 0 Å². The van der Waals surface area contributed by atoms with Crippen molar-refractivity contribution in [3.8, 4) is 0 Å². The summed E-state index contributed by atoms with van der Waals surface area (Å²) < 4.78 is 0. The van der Waals surface area contributed by atoms with E-state index < -0.39 is 0 Å². The molecule has 0 bridgehead atoms. The summed E-state index contributed by atoms with van der Waals surface area (Å²) in [6.45, 7) is 9.52. The molecule has 3 rings (SSSR count). The molecule has 1 N–H and O–H groups in total. The molecule has 0 atom stereocenters. The van der Waals surface area contributed by atoms with Gasteiger partial charge in [0.25, 0.3) is 5.91 Å². The van der Waals surface area contributed by atoms with E-state index in [0.29, 0.717) is 15.6 Å². The smallest absolute Gasteiger partial charge is 0.257 e. The molecule has 26 heavy (non-hydrogen) atoms. The normalized spacial score (nSPS) is 15.2. The molecule has 0 unspecified atom stereocenters. The SMILES string of the molecule is CCN1CCN(c2ccc(NC(=O)c3cc(Cl)ccc3Cl)c(C)c2)CC1. The Kier molecular flexibility index (Phi) is 6.07. The van der Waals surface area contributed by atoms with Crippen LogP contribution in [0.3, 0.4) is 0 Å². The van der Waals surface area contributed by atoms with Gasteiger partial charge in [-0.05, 0) is 55.4 Å². The number of carbonyl (C=O) groups is 1. The van der Waals surface area contributed by atoms with Gasteiger partial charge in [-0.3, -0.25) is 4.79 Å². The number of halogens is 2. The summed E-state index contributed by atoms with van der Waals surface area (Å²) in [6.07, 6.45) is 0. The molecule has 1 aliphatic heterocycles. The second-order valence-electron chi connectivity index (χ2n) is 6.50. The maximum absolute atomic E-state index is 12.5. The molecule has 138 valence electrons. The zero-order valence-corrected chi connectivity index (χ0v) is 16.6. The molecule has 4 nitrogen and oxygen atoms in total. The number of nitrogens with one attached hydrogen (secondary N) is 1. The fourth-order valence-corrected chi connectivity index (χ4v) is 3.54. The zero-order chi connectivity index (χ0) is 18.7. The molecular formula is C20H23Cl2N3O. The molecule has 1 fully saturated rings. The van der Waals surface area contributed by atoms with E-state index in [1.54, 1.807) is 18.2 Å². The third-order valence-corrected chi connectivity index (χ3v) is 5.38. The van der Waals surface area contributed by atoms with Gasteiger partial charge in [0.1, 0.15) is 0 Å². The lowest BCUT2D eigenvalue weighted by Gasteiger charge is -2.35. The van der Waals surface area contributed by atoms with Crippen molar-refractivity contribution < 1.29 is 4.79 Å². The highest BCUT2D eigenvalue weighted by Crippen LogP contribution is 2.26. The number of piperazine rings is 1. The molecule has 0 aromatic heterocycles. The first-order valence-electron chi connectivity index (χ1n) is 8.82. The van der Waals surface area contributed by atoms with Gasteiger partial charge in [-0.25, -0.2) is 0 Å². The van der Waals surface area contributed by atoms with E-state index in [1.165, 1.54) is 5.69 Å². The third-order valence-electron chi connectivity index (χ3n) is 4.82. The van der Waals surface area contributed by atoms with E-state index in [4.69, 9.17) is 23.2 Å². The number of anilines is 2. The standard InChI is InChI=1S/C20H23Cl2N3O/c1-3-24-8-10-25(11-9-24)16-5-7-19(14(2)12-16)23-20(26)17-13-15(21)4-6-18(17)22/h4-7,12-13H,3,8-11H2,1-2H3,(H,23,26). The Morgan fingerprint density at radius 1 is 1.08 bits per heavy atom. The fourth-order valence-electron chi connectivity index (χ4n) is 3.17. The predicted octanol–water partition coefficient (Wildman–Crippen LogP) is 4.70. The topological polar surface area (TPSA) is 35.6 Å². The number of hydrogen-bond donors (Lipinski definition) is 1. The number of nitrogens with zero attached hydrogens (tertiary/aromatic N) is 2. The first-order valence-corrected chi connectivity index (χ1v) is 9.58. The summed E-state index contributed by atoms with van der Waals surface area (Å²) in [5.41, 5.74) is 3.37. The van der Waals surface area contributed by atoms with E-state index in [2.05, 4.69) is 34.2 Å². The van der Waals surface area contributed by atoms with Crippen LogP contribution >= 0.6 is 23.2 Å². The molecule has 2 aromatic rings. The average molecular weight is 392 g/mol. The van der Waals surface area contributed by atoms with Crippen LogP contribution in [0.1, 0.15) is 22.8 Å². The number of likely N-dealkylation sites (N-methyl/N-ethyl adjacent to an activating group) is 1. The lowest BCUT2D eigenvalue weighted by atomic mass is 10.1. The van der Waals surface area contributed by atoms with Crippen molar-refractivity contribution in [1.29, 1.82) is 0 Å². The number of hydrogen-bond acceptors (Lipinski definition) is 3.